The molecule has 1 aliphatic rings. The highest BCUT2D eigenvalue weighted by Gasteiger charge is 2.53. The van der Waals surface area contributed by atoms with Crippen molar-refractivity contribution in [1.29, 1.82) is 0 Å². The molecular formula is C8H19NO3Si. The van der Waals surface area contributed by atoms with Crippen molar-refractivity contribution in [1.82, 2.24) is 4.57 Å². The Morgan fingerprint density at radius 3 is 1.54 bits per heavy atom. The molecule has 1 fully saturated rings. The molecule has 1 rings (SSSR count). The van der Waals surface area contributed by atoms with Gasteiger partial charge in [-0.15, -0.1) is 0 Å². The third kappa shape index (κ3) is 2.75. The maximum absolute atomic E-state index is 5.65. The van der Waals surface area contributed by atoms with Crippen LogP contribution >= 0.6 is 0 Å². The molecule has 0 amide bonds. The van der Waals surface area contributed by atoms with Crippen LogP contribution in [0.4, 0.5) is 0 Å². The lowest BCUT2D eigenvalue weighted by Gasteiger charge is -2.28. The first kappa shape index (κ1) is 11.1. The van der Waals surface area contributed by atoms with Gasteiger partial charge >= 0.3 is 8.97 Å². The summed E-state index contributed by atoms with van der Waals surface area (Å²) in [7, 11) is -2.43. The third-order valence-electron chi connectivity index (χ3n) is 1.81. The van der Waals surface area contributed by atoms with Gasteiger partial charge in [-0.1, -0.05) is 0 Å². The number of nitrogens with zero attached hydrogens (tertiary/aromatic N) is 1. The zero-order chi connectivity index (χ0) is 9.73. The Kier molecular flexibility index (Phi) is 4.34. The second kappa shape index (κ2) is 5.07. The Morgan fingerprint density at radius 1 is 0.923 bits per heavy atom. The molecule has 1 heterocycles. The summed E-state index contributed by atoms with van der Waals surface area (Å²) in [5.41, 5.74) is 0. The molecule has 0 aliphatic carbocycles. The molecule has 1 saturated heterocycles. The minimum absolute atomic E-state index is 0.655. The zero-order valence-corrected chi connectivity index (χ0v) is 9.71. The van der Waals surface area contributed by atoms with Crippen molar-refractivity contribution < 1.29 is 13.3 Å². The predicted octanol–water partition coefficient (Wildman–Crippen LogP) is 0.847. The van der Waals surface area contributed by atoms with Crippen molar-refractivity contribution in [2.75, 3.05) is 32.9 Å². The highest BCUT2D eigenvalue weighted by molar-refractivity contribution is 6.58. The molecule has 0 N–H and O–H groups in total. The minimum Gasteiger partial charge on any atom is -0.361 e. The smallest absolute Gasteiger partial charge is 0.361 e. The highest BCUT2D eigenvalue weighted by atomic mass is 28.4. The molecule has 0 aromatic carbocycles. The summed E-state index contributed by atoms with van der Waals surface area (Å²) < 4.78 is 19.1. The van der Waals surface area contributed by atoms with Crippen LogP contribution in [0.25, 0.3) is 0 Å². The zero-order valence-electron chi connectivity index (χ0n) is 8.71. The van der Waals surface area contributed by atoms with Gasteiger partial charge in [-0.2, -0.15) is 0 Å². The Morgan fingerprint density at radius 2 is 1.31 bits per heavy atom. The maximum Gasteiger partial charge on any atom is 0.599 e. The highest BCUT2D eigenvalue weighted by Crippen LogP contribution is 2.22. The van der Waals surface area contributed by atoms with E-state index >= 15 is 0 Å². The van der Waals surface area contributed by atoms with E-state index in [4.69, 9.17) is 13.3 Å². The van der Waals surface area contributed by atoms with Crippen molar-refractivity contribution in [3.63, 3.8) is 0 Å². The SMILES string of the molecule is CCO[Si](OCC)(OCC)N1CC1. The second-order valence-electron chi connectivity index (χ2n) is 2.81. The van der Waals surface area contributed by atoms with Gasteiger partial charge in [0.1, 0.15) is 0 Å². The molecule has 0 aromatic heterocycles. The van der Waals surface area contributed by atoms with Crippen LogP contribution in [0.5, 0.6) is 0 Å². The van der Waals surface area contributed by atoms with Crippen molar-refractivity contribution >= 4 is 8.97 Å². The van der Waals surface area contributed by atoms with Gasteiger partial charge < -0.3 is 13.3 Å². The van der Waals surface area contributed by atoms with Gasteiger partial charge in [0.15, 0.2) is 0 Å². The van der Waals surface area contributed by atoms with Crippen molar-refractivity contribution in [2.24, 2.45) is 0 Å². The van der Waals surface area contributed by atoms with Gasteiger partial charge in [0.05, 0.1) is 0 Å². The first-order valence-corrected chi connectivity index (χ1v) is 6.63. The summed E-state index contributed by atoms with van der Waals surface area (Å²) in [6, 6.07) is 0. The molecule has 0 unspecified atom stereocenters. The molecule has 0 saturated carbocycles. The topological polar surface area (TPSA) is 30.7 Å². The second-order valence-corrected chi connectivity index (χ2v) is 5.36. The van der Waals surface area contributed by atoms with E-state index < -0.39 is 8.97 Å². The number of rotatable bonds is 7. The van der Waals surface area contributed by atoms with Crippen LogP contribution in [0.15, 0.2) is 0 Å². The molecule has 5 heteroatoms. The van der Waals surface area contributed by atoms with E-state index in [9.17, 15) is 0 Å². The van der Waals surface area contributed by atoms with Gasteiger partial charge in [-0.3, -0.25) is 4.57 Å². The van der Waals surface area contributed by atoms with Gasteiger partial charge in [-0.05, 0) is 20.8 Å². The van der Waals surface area contributed by atoms with Crippen molar-refractivity contribution in [3.8, 4) is 0 Å². The monoisotopic (exact) mass is 205 g/mol. The van der Waals surface area contributed by atoms with E-state index in [1.165, 1.54) is 0 Å². The number of hydrogen-bond donors (Lipinski definition) is 0. The summed E-state index contributed by atoms with van der Waals surface area (Å²) in [4.78, 5) is 0. The van der Waals surface area contributed by atoms with Gasteiger partial charge in [0.25, 0.3) is 0 Å². The van der Waals surface area contributed by atoms with Crippen LogP contribution in [0, 0.1) is 0 Å². The largest absolute Gasteiger partial charge is 0.599 e. The van der Waals surface area contributed by atoms with Crippen molar-refractivity contribution in [3.05, 3.63) is 0 Å². The molecule has 13 heavy (non-hydrogen) atoms. The molecule has 0 atom stereocenters. The first-order valence-electron chi connectivity index (χ1n) is 4.96. The average molecular weight is 205 g/mol. The van der Waals surface area contributed by atoms with Crippen LogP contribution in [0.2, 0.25) is 0 Å². The van der Waals surface area contributed by atoms with Crippen LogP contribution < -0.4 is 0 Å². The lowest BCUT2D eigenvalue weighted by atomic mass is 10.9. The number of hydrogen-bond acceptors (Lipinski definition) is 4. The Hall–Kier alpha value is 0.0569. The van der Waals surface area contributed by atoms with E-state index in [1.807, 2.05) is 20.8 Å². The fourth-order valence-corrected chi connectivity index (χ4v) is 3.81. The van der Waals surface area contributed by atoms with E-state index in [-0.39, 0.29) is 0 Å². The van der Waals surface area contributed by atoms with Gasteiger partial charge in [0, 0.05) is 32.9 Å². The standard InChI is InChI=1S/C8H19NO3Si/c1-4-10-13(11-5-2,12-6-3)9-7-8-9/h4-8H2,1-3H3. The van der Waals surface area contributed by atoms with Gasteiger partial charge in [-0.25, -0.2) is 0 Å². The summed E-state index contributed by atoms with van der Waals surface area (Å²) in [5, 5.41) is 0. The van der Waals surface area contributed by atoms with E-state index in [1.54, 1.807) is 0 Å². The van der Waals surface area contributed by atoms with E-state index in [0.29, 0.717) is 19.8 Å². The van der Waals surface area contributed by atoms with Crippen molar-refractivity contribution in [2.45, 2.75) is 20.8 Å². The summed E-state index contributed by atoms with van der Waals surface area (Å²) in [5.74, 6) is 0. The fraction of sp³-hybridized carbons (Fsp3) is 1.00. The van der Waals surface area contributed by atoms with Crippen LogP contribution in [0.1, 0.15) is 20.8 Å². The molecular weight excluding hydrogens is 186 g/mol. The Bertz CT molecular complexity index is 135. The molecule has 0 bridgehead atoms. The molecule has 0 aromatic rings. The van der Waals surface area contributed by atoms with E-state index in [0.717, 1.165) is 13.1 Å². The lowest BCUT2D eigenvalue weighted by molar-refractivity contribution is 0.0428. The first-order chi connectivity index (χ1) is 6.29. The van der Waals surface area contributed by atoms with Crippen LogP contribution in [0.3, 0.4) is 0 Å². The maximum atomic E-state index is 5.65. The lowest BCUT2D eigenvalue weighted by Crippen LogP contribution is -2.53. The van der Waals surface area contributed by atoms with Crippen LogP contribution in [-0.4, -0.2) is 46.4 Å². The summed E-state index contributed by atoms with van der Waals surface area (Å²) in [6.45, 7) is 9.99. The summed E-state index contributed by atoms with van der Waals surface area (Å²) in [6.07, 6.45) is 0. The predicted molar refractivity (Wildman–Crippen MR) is 52.2 cm³/mol. The van der Waals surface area contributed by atoms with E-state index in [2.05, 4.69) is 4.57 Å². The summed E-state index contributed by atoms with van der Waals surface area (Å²) >= 11 is 0. The fourth-order valence-electron chi connectivity index (χ4n) is 1.27. The average Bonchev–Trinajstić information content (AvgIpc) is 2.87. The quantitative estimate of drug-likeness (QED) is 0.455. The normalized spacial score (nSPS) is 17.8. The molecule has 4 nitrogen and oxygen atoms in total. The Labute approximate surface area is 81.2 Å². The molecule has 1 aliphatic heterocycles. The Balaban J connectivity index is 2.54. The third-order valence-corrected chi connectivity index (χ3v) is 5.00. The molecule has 0 radical (unpaired) electrons. The van der Waals surface area contributed by atoms with Crippen LogP contribution in [-0.2, 0) is 13.3 Å². The van der Waals surface area contributed by atoms with Gasteiger partial charge in [0.2, 0.25) is 0 Å². The minimum atomic E-state index is -2.43. The molecule has 0 spiro atoms. The molecule has 78 valence electrons.